The number of fused-ring (bicyclic) bond motifs is 1. The van der Waals surface area contributed by atoms with Crippen LogP contribution in [0.2, 0.25) is 0 Å². The number of hydrogen-bond donors (Lipinski definition) is 0. The van der Waals surface area contributed by atoms with Crippen LogP contribution in [0.1, 0.15) is 25.2 Å². The molecule has 1 aliphatic rings. The largest absolute Gasteiger partial charge is 0.372 e. The summed E-state index contributed by atoms with van der Waals surface area (Å²) in [4.78, 5) is 7.11. The van der Waals surface area contributed by atoms with Gasteiger partial charge in [-0.25, -0.2) is 4.99 Å². The highest BCUT2D eigenvalue weighted by Gasteiger charge is 2.22. The summed E-state index contributed by atoms with van der Waals surface area (Å²) < 4.78 is 1.74. The molecule has 0 N–H and O–H groups in total. The zero-order chi connectivity index (χ0) is 18.8. The van der Waals surface area contributed by atoms with E-state index in [0.717, 1.165) is 41.4 Å². The highest BCUT2D eigenvalue weighted by molar-refractivity contribution is 6.39. The van der Waals surface area contributed by atoms with E-state index in [1.165, 1.54) is 5.69 Å². The van der Waals surface area contributed by atoms with Crippen molar-refractivity contribution in [2.24, 2.45) is 10.1 Å². The summed E-state index contributed by atoms with van der Waals surface area (Å²) in [6.45, 7) is 8.39. The van der Waals surface area contributed by atoms with Gasteiger partial charge in [-0.15, -0.1) is 10.2 Å². The second-order valence-electron chi connectivity index (χ2n) is 6.41. The van der Waals surface area contributed by atoms with Gasteiger partial charge < -0.3 is 4.90 Å². The third kappa shape index (κ3) is 3.14. The Hall–Kier alpha value is -3.28. The molecule has 6 nitrogen and oxygen atoms in total. The van der Waals surface area contributed by atoms with Gasteiger partial charge >= 0.3 is 0 Å². The number of aryl methyl sites for hydroxylation is 1. The molecule has 0 atom stereocenters. The molecule has 0 radical (unpaired) electrons. The lowest BCUT2D eigenvalue weighted by Crippen LogP contribution is -2.21. The molecule has 27 heavy (non-hydrogen) atoms. The highest BCUT2D eigenvalue weighted by atomic mass is 15.5. The average Bonchev–Trinajstić information content (AvgIpc) is 3.28. The second-order valence-corrected chi connectivity index (χ2v) is 6.41. The predicted molar refractivity (Wildman–Crippen MR) is 110 cm³/mol. The van der Waals surface area contributed by atoms with Crippen LogP contribution in [0.4, 0.5) is 11.4 Å². The first-order chi connectivity index (χ1) is 13.2. The maximum atomic E-state index is 4.78. The van der Waals surface area contributed by atoms with E-state index < -0.39 is 0 Å². The van der Waals surface area contributed by atoms with E-state index in [-0.39, 0.29) is 0 Å². The molecule has 0 amide bonds. The Kier molecular flexibility index (Phi) is 4.54. The highest BCUT2D eigenvalue weighted by Crippen LogP contribution is 2.27. The van der Waals surface area contributed by atoms with Crippen LogP contribution in [-0.2, 0) is 0 Å². The molecule has 0 aliphatic carbocycles. The normalized spacial score (nSPS) is 14.0. The van der Waals surface area contributed by atoms with Crippen LogP contribution in [0.3, 0.4) is 0 Å². The smallest absolute Gasteiger partial charge is 0.205 e. The van der Waals surface area contributed by atoms with Crippen LogP contribution >= 0.6 is 0 Å². The van der Waals surface area contributed by atoms with Gasteiger partial charge in [-0.2, -0.15) is 9.78 Å². The number of nitrogens with zero attached hydrogens (tertiary/aromatic N) is 6. The Morgan fingerprint density at radius 1 is 0.963 bits per heavy atom. The summed E-state index contributed by atoms with van der Waals surface area (Å²) in [5, 5.41) is 13.0. The quantitative estimate of drug-likeness (QED) is 0.691. The van der Waals surface area contributed by atoms with E-state index in [0.29, 0.717) is 5.82 Å². The predicted octanol–water partition coefficient (Wildman–Crippen LogP) is 4.07. The number of hydrogen-bond acceptors (Lipinski definition) is 5. The summed E-state index contributed by atoms with van der Waals surface area (Å²) in [5.74, 6) is 1.39. The maximum Gasteiger partial charge on any atom is 0.205 e. The monoisotopic (exact) mass is 358 g/mol. The van der Waals surface area contributed by atoms with E-state index in [9.17, 15) is 0 Å². The molecule has 0 fully saturated rings. The van der Waals surface area contributed by atoms with Crippen molar-refractivity contribution in [2.45, 2.75) is 20.8 Å². The van der Waals surface area contributed by atoms with E-state index in [2.05, 4.69) is 59.2 Å². The van der Waals surface area contributed by atoms with Crippen molar-refractivity contribution in [2.75, 3.05) is 18.0 Å². The molecule has 2 aromatic carbocycles. The van der Waals surface area contributed by atoms with Gasteiger partial charge in [0, 0.05) is 24.3 Å². The number of anilines is 1. The van der Waals surface area contributed by atoms with Gasteiger partial charge in [0.15, 0.2) is 5.82 Å². The lowest BCUT2D eigenvalue weighted by atomic mass is 10.1. The molecule has 6 heteroatoms. The zero-order valence-corrected chi connectivity index (χ0v) is 15.8. The molecule has 1 aromatic heterocycles. The first-order valence-electron chi connectivity index (χ1n) is 9.21. The minimum absolute atomic E-state index is 0.668. The molecule has 0 unspecified atom stereocenters. The first-order valence-corrected chi connectivity index (χ1v) is 9.21. The molecular weight excluding hydrogens is 336 g/mol. The minimum atomic E-state index is 0.668. The maximum absolute atomic E-state index is 4.78. The van der Waals surface area contributed by atoms with Crippen LogP contribution in [0.15, 0.2) is 58.6 Å². The number of benzene rings is 2. The van der Waals surface area contributed by atoms with Crippen molar-refractivity contribution in [1.82, 2.24) is 14.9 Å². The van der Waals surface area contributed by atoms with E-state index in [4.69, 9.17) is 4.99 Å². The molecule has 2 heterocycles. The standard InChI is InChI=1S/C21H22N6/c1-4-26(5-2)17-11-12-18(15(3)13-17)23-19-14-22-27-20(24-25-21(19)27)16-9-7-6-8-10-16/h6-14H,4-5H2,1-3H3. The van der Waals surface area contributed by atoms with E-state index in [1.54, 1.807) is 10.9 Å². The van der Waals surface area contributed by atoms with Crippen LogP contribution < -0.4 is 4.90 Å². The van der Waals surface area contributed by atoms with Crippen molar-refractivity contribution in [3.63, 3.8) is 0 Å². The Morgan fingerprint density at radius 2 is 1.70 bits per heavy atom. The summed E-state index contributed by atoms with van der Waals surface area (Å²) in [6, 6.07) is 16.3. The lowest BCUT2D eigenvalue weighted by Gasteiger charge is -2.21. The van der Waals surface area contributed by atoms with Gasteiger partial charge in [0.05, 0.1) is 11.9 Å². The number of aliphatic imine (C=N–C) groups is 1. The lowest BCUT2D eigenvalue weighted by molar-refractivity contribution is 0.865. The molecule has 0 saturated heterocycles. The molecule has 1 aliphatic heterocycles. The third-order valence-electron chi connectivity index (χ3n) is 4.75. The van der Waals surface area contributed by atoms with Crippen LogP contribution in [-0.4, -0.2) is 39.9 Å². The van der Waals surface area contributed by atoms with Crippen LogP contribution in [0.25, 0.3) is 11.4 Å². The van der Waals surface area contributed by atoms with Crippen molar-refractivity contribution in [1.29, 1.82) is 0 Å². The van der Waals surface area contributed by atoms with Gasteiger partial charge in [0.25, 0.3) is 0 Å². The molecule has 0 spiro atoms. The van der Waals surface area contributed by atoms with Crippen LogP contribution in [0.5, 0.6) is 0 Å². The van der Waals surface area contributed by atoms with Crippen molar-refractivity contribution < 1.29 is 0 Å². The molecule has 136 valence electrons. The average molecular weight is 358 g/mol. The third-order valence-corrected chi connectivity index (χ3v) is 4.75. The summed E-state index contributed by atoms with van der Waals surface area (Å²) in [7, 11) is 0. The fourth-order valence-electron chi connectivity index (χ4n) is 3.25. The fraction of sp³-hybridized carbons (Fsp3) is 0.238. The second kappa shape index (κ2) is 7.15. The molecule has 3 aromatic rings. The van der Waals surface area contributed by atoms with Gasteiger partial charge in [0.2, 0.25) is 5.82 Å². The Bertz CT molecular complexity index is 1010. The fourth-order valence-corrected chi connectivity index (χ4v) is 3.25. The SMILES string of the molecule is CCN(CC)c1ccc(N=C2C=Nn3c2nnc3-c2ccccc2)c(C)c1. The zero-order valence-electron chi connectivity index (χ0n) is 15.8. The van der Waals surface area contributed by atoms with Crippen molar-refractivity contribution >= 4 is 23.3 Å². The van der Waals surface area contributed by atoms with Crippen molar-refractivity contribution in [3.05, 3.63) is 59.9 Å². The Morgan fingerprint density at radius 3 is 2.41 bits per heavy atom. The minimum Gasteiger partial charge on any atom is -0.372 e. The van der Waals surface area contributed by atoms with Crippen LogP contribution in [0, 0.1) is 6.92 Å². The number of aromatic nitrogens is 3. The van der Waals surface area contributed by atoms with Gasteiger partial charge in [0.1, 0.15) is 5.71 Å². The van der Waals surface area contributed by atoms with Gasteiger partial charge in [-0.1, -0.05) is 30.3 Å². The van der Waals surface area contributed by atoms with Crippen molar-refractivity contribution in [3.8, 4) is 11.4 Å². The Balaban J connectivity index is 1.67. The molecular formula is C21H22N6. The molecule has 0 saturated carbocycles. The Labute approximate surface area is 158 Å². The van der Waals surface area contributed by atoms with Gasteiger partial charge in [-0.05, 0) is 44.5 Å². The first kappa shape index (κ1) is 17.1. The number of rotatable bonds is 5. The summed E-state index contributed by atoms with van der Waals surface area (Å²) >= 11 is 0. The molecule has 4 rings (SSSR count). The topological polar surface area (TPSA) is 58.7 Å². The van der Waals surface area contributed by atoms with E-state index in [1.807, 2.05) is 30.3 Å². The van der Waals surface area contributed by atoms with E-state index >= 15 is 0 Å². The summed E-state index contributed by atoms with van der Waals surface area (Å²) in [6.07, 6.45) is 1.74. The summed E-state index contributed by atoms with van der Waals surface area (Å²) in [5.41, 5.74) is 4.97. The van der Waals surface area contributed by atoms with Gasteiger partial charge in [-0.3, -0.25) is 0 Å². The molecule has 0 bridgehead atoms.